The Hall–Kier alpha value is -0.573. The normalized spacial score (nSPS) is 10.7. The van der Waals surface area contributed by atoms with Gasteiger partial charge in [0.05, 0.1) is 0 Å². The minimum Gasteiger partial charge on any atom is -0.165 e. The molecule has 0 bridgehead atoms. The maximum atomic E-state index is 2.36. The molecule has 0 aliphatic rings. The average Bonchev–Trinajstić information content (AvgIpc) is 2.60. The number of aryl methyl sites for hydroxylation is 4. The fourth-order valence-electron chi connectivity index (χ4n) is 2.87. The molecule has 2 aromatic carbocycles. The molecule has 0 amide bonds. The number of hydrogen-bond donors (Lipinski definition) is 0. The van der Waals surface area contributed by atoms with Crippen LogP contribution in [0.1, 0.15) is 40.3 Å². The SMILES string of the molecule is CC[c-]1c(C)cc2c(C)c(C)c(C)c(C)c21.[Li+]. The zero-order valence-electron chi connectivity index (χ0n) is 12.3. The zero-order valence-corrected chi connectivity index (χ0v) is 12.3. The van der Waals surface area contributed by atoms with E-state index in [1.807, 2.05) is 0 Å². The van der Waals surface area contributed by atoms with Crippen molar-refractivity contribution in [1.29, 1.82) is 0 Å². The molecule has 17 heavy (non-hydrogen) atoms. The van der Waals surface area contributed by atoms with Crippen LogP contribution in [0.15, 0.2) is 6.07 Å². The van der Waals surface area contributed by atoms with Gasteiger partial charge in [0, 0.05) is 0 Å². The first-order valence-electron chi connectivity index (χ1n) is 6.14. The third kappa shape index (κ3) is 1.99. The Morgan fingerprint density at radius 2 is 1.41 bits per heavy atom. The topological polar surface area (TPSA) is 0 Å². The van der Waals surface area contributed by atoms with Gasteiger partial charge in [-0.25, -0.2) is 0 Å². The van der Waals surface area contributed by atoms with Gasteiger partial charge in [0.25, 0.3) is 0 Å². The Bertz CT molecular complexity index is 559. The van der Waals surface area contributed by atoms with E-state index in [1.54, 1.807) is 5.56 Å². The Morgan fingerprint density at radius 3 is 1.94 bits per heavy atom. The van der Waals surface area contributed by atoms with Gasteiger partial charge >= 0.3 is 18.9 Å². The molecule has 0 radical (unpaired) electrons. The van der Waals surface area contributed by atoms with Crippen molar-refractivity contribution in [3.63, 3.8) is 0 Å². The number of rotatable bonds is 1. The molecule has 0 N–H and O–H groups in total. The van der Waals surface area contributed by atoms with Crippen molar-refractivity contribution < 1.29 is 18.9 Å². The average molecular weight is 220 g/mol. The van der Waals surface area contributed by atoms with Crippen LogP contribution in [-0.2, 0) is 6.42 Å². The first-order chi connectivity index (χ1) is 7.49. The smallest absolute Gasteiger partial charge is 0.165 e. The van der Waals surface area contributed by atoms with E-state index in [2.05, 4.69) is 47.6 Å². The summed E-state index contributed by atoms with van der Waals surface area (Å²) < 4.78 is 0. The van der Waals surface area contributed by atoms with E-state index in [0.717, 1.165) is 6.42 Å². The van der Waals surface area contributed by atoms with Gasteiger partial charge in [-0.3, -0.25) is 0 Å². The van der Waals surface area contributed by atoms with E-state index in [0.29, 0.717) is 0 Å². The van der Waals surface area contributed by atoms with Crippen molar-refractivity contribution in [2.45, 2.75) is 48.0 Å². The summed E-state index contributed by atoms with van der Waals surface area (Å²) in [5, 5.41) is 2.98. The Morgan fingerprint density at radius 1 is 0.882 bits per heavy atom. The van der Waals surface area contributed by atoms with E-state index in [-0.39, 0.29) is 18.9 Å². The maximum Gasteiger partial charge on any atom is 1.00 e. The molecule has 0 aliphatic heterocycles. The fourth-order valence-corrected chi connectivity index (χ4v) is 2.87. The van der Waals surface area contributed by atoms with Crippen LogP contribution in [0.5, 0.6) is 0 Å². The molecule has 0 atom stereocenters. The van der Waals surface area contributed by atoms with Crippen LogP contribution in [-0.4, -0.2) is 0 Å². The van der Waals surface area contributed by atoms with E-state index in [9.17, 15) is 0 Å². The van der Waals surface area contributed by atoms with Gasteiger partial charge in [0.1, 0.15) is 0 Å². The van der Waals surface area contributed by atoms with Crippen molar-refractivity contribution in [3.8, 4) is 0 Å². The molecule has 1 heteroatoms. The molecular formula is C16H21Li. The third-order valence-corrected chi connectivity index (χ3v) is 4.23. The van der Waals surface area contributed by atoms with Gasteiger partial charge in [0.2, 0.25) is 0 Å². The van der Waals surface area contributed by atoms with Gasteiger partial charge in [-0.2, -0.15) is 6.07 Å². The second-order valence-electron chi connectivity index (χ2n) is 4.95. The largest absolute Gasteiger partial charge is 1.00 e. The summed E-state index contributed by atoms with van der Waals surface area (Å²) in [6, 6.07) is 2.36. The molecular weight excluding hydrogens is 199 g/mol. The van der Waals surface area contributed by atoms with Crippen LogP contribution in [0.4, 0.5) is 0 Å². The molecule has 0 nitrogen and oxygen atoms in total. The summed E-state index contributed by atoms with van der Waals surface area (Å²) in [6.07, 6.45) is 1.14. The maximum absolute atomic E-state index is 2.36. The quantitative estimate of drug-likeness (QED) is 0.506. The van der Waals surface area contributed by atoms with E-state index in [4.69, 9.17) is 0 Å². The van der Waals surface area contributed by atoms with E-state index < -0.39 is 0 Å². The standard InChI is InChI=1S/C16H21.Li/c1-7-14-9(2)8-15-12(5)10(3)11(4)13(6)16(14)15;/h8H,7H2,1-6H3;/q-1;+1. The molecule has 0 unspecified atom stereocenters. The summed E-state index contributed by atoms with van der Waals surface area (Å²) in [5.41, 5.74) is 8.85. The van der Waals surface area contributed by atoms with Crippen molar-refractivity contribution in [2.24, 2.45) is 0 Å². The van der Waals surface area contributed by atoms with E-state index >= 15 is 0 Å². The molecule has 86 valence electrons. The van der Waals surface area contributed by atoms with Crippen molar-refractivity contribution in [1.82, 2.24) is 0 Å². The first-order valence-corrected chi connectivity index (χ1v) is 6.14. The van der Waals surface area contributed by atoms with E-state index in [1.165, 1.54) is 38.6 Å². The molecule has 0 aromatic heterocycles. The number of hydrogen-bond acceptors (Lipinski definition) is 0. The summed E-state index contributed by atoms with van der Waals surface area (Å²) in [7, 11) is 0. The van der Waals surface area contributed by atoms with Gasteiger partial charge in [-0.05, 0) is 20.8 Å². The van der Waals surface area contributed by atoms with Crippen LogP contribution in [0.3, 0.4) is 0 Å². The van der Waals surface area contributed by atoms with Crippen molar-refractivity contribution in [3.05, 3.63) is 39.4 Å². The second kappa shape index (κ2) is 4.97. The van der Waals surface area contributed by atoms with Crippen LogP contribution >= 0.6 is 0 Å². The van der Waals surface area contributed by atoms with Crippen molar-refractivity contribution >= 4 is 10.8 Å². The molecule has 2 rings (SSSR count). The molecule has 0 saturated carbocycles. The van der Waals surface area contributed by atoms with Crippen LogP contribution in [0, 0.1) is 34.6 Å². The van der Waals surface area contributed by atoms with Crippen molar-refractivity contribution in [2.75, 3.05) is 0 Å². The minimum atomic E-state index is 0. The number of fused-ring (bicyclic) bond motifs is 1. The summed E-state index contributed by atoms with van der Waals surface area (Å²) in [5.74, 6) is 0. The van der Waals surface area contributed by atoms with Gasteiger partial charge in [-0.15, -0.1) is 27.5 Å². The van der Waals surface area contributed by atoms with Crippen LogP contribution in [0.25, 0.3) is 10.8 Å². The molecule has 0 saturated heterocycles. The predicted octanol–water partition coefficient (Wildman–Crippen LogP) is 1.67. The summed E-state index contributed by atoms with van der Waals surface area (Å²) in [4.78, 5) is 0. The molecule has 0 spiro atoms. The van der Waals surface area contributed by atoms with Gasteiger partial charge in [-0.1, -0.05) is 43.9 Å². The van der Waals surface area contributed by atoms with Crippen LogP contribution < -0.4 is 18.9 Å². The Balaban J connectivity index is 0.00000144. The minimum absolute atomic E-state index is 0. The molecule has 2 aromatic rings. The summed E-state index contributed by atoms with van der Waals surface area (Å²) in [6.45, 7) is 13.5. The zero-order chi connectivity index (χ0) is 12.0. The third-order valence-electron chi connectivity index (χ3n) is 4.23. The Kier molecular flexibility index (Phi) is 4.23. The Labute approximate surface area is 117 Å². The molecule has 0 fully saturated rings. The number of benzene rings is 1. The van der Waals surface area contributed by atoms with Crippen LogP contribution in [0.2, 0.25) is 0 Å². The predicted molar refractivity (Wildman–Crippen MR) is 72.6 cm³/mol. The molecule has 0 heterocycles. The summed E-state index contributed by atoms with van der Waals surface area (Å²) >= 11 is 0. The molecule has 0 aliphatic carbocycles. The van der Waals surface area contributed by atoms with Gasteiger partial charge in [0.15, 0.2) is 0 Å². The second-order valence-corrected chi connectivity index (χ2v) is 4.95. The first kappa shape index (κ1) is 14.5. The monoisotopic (exact) mass is 220 g/mol. The van der Waals surface area contributed by atoms with Gasteiger partial charge < -0.3 is 0 Å². The fraction of sp³-hybridized carbons (Fsp3) is 0.438.